The van der Waals surface area contributed by atoms with Crippen LogP contribution in [0.5, 0.6) is 0 Å². The third-order valence-electron chi connectivity index (χ3n) is 2.74. The van der Waals surface area contributed by atoms with E-state index in [0.717, 1.165) is 4.90 Å². The van der Waals surface area contributed by atoms with Crippen molar-refractivity contribution in [1.29, 1.82) is 0 Å². The number of rotatable bonds is 6. The summed E-state index contributed by atoms with van der Waals surface area (Å²) in [5.74, 6) is -0.617. The quantitative estimate of drug-likeness (QED) is 0.792. The molecule has 2 aromatic rings. The van der Waals surface area contributed by atoms with Crippen molar-refractivity contribution >= 4 is 23.6 Å². The Morgan fingerprint density at radius 2 is 1.81 bits per heavy atom. The molecule has 5 nitrogen and oxygen atoms in total. The molecule has 1 aromatic heterocycles. The second kappa shape index (κ2) is 7.44. The maximum absolute atomic E-state index is 11.9. The molecule has 2 amide bonds. The average Bonchev–Trinajstić information content (AvgIpc) is 2.52. The van der Waals surface area contributed by atoms with Crippen molar-refractivity contribution in [3.8, 4) is 0 Å². The van der Waals surface area contributed by atoms with E-state index >= 15 is 0 Å². The number of nitrogens with one attached hydrogen (secondary N) is 1. The first-order chi connectivity index (χ1) is 10.2. The van der Waals surface area contributed by atoms with Crippen LogP contribution in [0, 0.1) is 0 Å². The van der Waals surface area contributed by atoms with E-state index in [9.17, 15) is 9.59 Å². The number of hydrogen-bond donors (Lipinski definition) is 2. The molecule has 21 heavy (non-hydrogen) atoms. The van der Waals surface area contributed by atoms with E-state index in [-0.39, 0.29) is 11.7 Å². The molecular formula is C15H15N3O2S. The van der Waals surface area contributed by atoms with E-state index in [4.69, 9.17) is 5.73 Å². The number of thioether (sulfide) groups is 1. The minimum Gasteiger partial charge on any atom is -0.368 e. The fraction of sp³-hybridized carbons (Fsp3) is 0.133. The van der Waals surface area contributed by atoms with Crippen LogP contribution in [0.25, 0.3) is 0 Å². The smallest absolute Gasteiger partial charge is 0.244 e. The summed E-state index contributed by atoms with van der Waals surface area (Å²) in [5, 5.41) is 2.65. The third kappa shape index (κ3) is 4.61. The Bertz CT molecular complexity index is 605. The Hall–Kier alpha value is -2.34. The van der Waals surface area contributed by atoms with Crippen LogP contribution >= 0.6 is 11.8 Å². The molecule has 0 saturated heterocycles. The van der Waals surface area contributed by atoms with E-state index < -0.39 is 11.9 Å². The number of hydrogen-bond acceptors (Lipinski definition) is 4. The summed E-state index contributed by atoms with van der Waals surface area (Å²) in [6, 6.07) is 11.8. The first-order valence-electron chi connectivity index (χ1n) is 6.33. The summed E-state index contributed by atoms with van der Waals surface area (Å²) >= 11 is 1.37. The molecule has 0 bridgehead atoms. The Kier molecular flexibility index (Phi) is 5.34. The van der Waals surface area contributed by atoms with Gasteiger partial charge in [0.05, 0.1) is 5.75 Å². The zero-order valence-electron chi connectivity index (χ0n) is 11.2. The van der Waals surface area contributed by atoms with Crippen LogP contribution in [-0.2, 0) is 9.59 Å². The van der Waals surface area contributed by atoms with Gasteiger partial charge in [-0.15, -0.1) is 11.8 Å². The maximum atomic E-state index is 11.9. The second-order valence-corrected chi connectivity index (χ2v) is 5.33. The number of carbonyl (C=O) groups excluding carboxylic acids is 2. The van der Waals surface area contributed by atoms with Crippen LogP contribution in [-0.4, -0.2) is 22.6 Å². The number of pyridine rings is 1. The largest absolute Gasteiger partial charge is 0.368 e. The molecule has 0 aliphatic carbocycles. The first kappa shape index (κ1) is 15.1. The zero-order chi connectivity index (χ0) is 15.1. The van der Waals surface area contributed by atoms with Gasteiger partial charge in [-0.1, -0.05) is 30.3 Å². The lowest BCUT2D eigenvalue weighted by Gasteiger charge is -2.15. The van der Waals surface area contributed by atoms with E-state index in [1.54, 1.807) is 36.7 Å². The van der Waals surface area contributed by atoms with Gasteiger partial charge in [0.1, 0.15) is 6.04 Å². The minimum atomic E-state index is -0.809. The summed E-state index contributed by atoms with van der Waals surface area (Å²) < 4.78 is 0. The van der Waals surface area contributed by atoms with Crippen LogP contribution in [0.15, 0.2) is 59.8 Å². The van der Waals surface area contributed by atoms with E-state index in [1.165, 1.54) is 11.8 Å². The predicted molar refractivity (Wildman–Crippen MR) is 81.5 cm³/mol. The zero-order valence-corrected chi connectivity index (χ0v) is 12.0. The van der Waals surface area contributed by atoms with Gasteiger partial charge in [-0.05, 0) is 17.7 Å². The van der Waals surface area contributed by atoms with Gasteiger partial charge in [0.25, 0.3) is 0 Å². The van der Waals surface area contributed by atoms with Crippen molar-refractivity contribution in [2.24, 2.45) is 5.73 Å². The summed E-state index contributed by atoms with van der Waals surface area (Å²) in [6.07, 6.45) is 3.33. The molecule has 1 atom stereocenters. The standard InChI is InChI=1S/C15H15N3O2S/c16-15(20)14(11-4-2-1-3-5-11)18-13(19)10-21-12-6-8-17-9-7-12/h1-9,14H,10H2,(H2,16,20)(H,18,19)/t14-/m0/s1. The molecule has 0 spiro atoms. The monoisotopic (exact) mass is 301 g/mol. The SMILES string of the molecule is NC(=O)[C@@H](NC(=O)CSc1ccncc1)c1ccccc1. The fourth-order valence-electron chi connectivity index (χ4n) is 1.75. The number of primary amides is 1. The van der Waals surface area contributed by atoms with Gasteiger partial charge >= 0.3 is 0 Å². The van der Waals surface area contributed by atoms with Crippen LogP contribution in [0.2, 0.25) is 0 Å². The van der Waals surface area contributed by atoms with Crippen molar-refractivity contribution in [1.82, 2.24) is 10.3 Å². The van der Waals surface area contributed by atoms with Crippen molar-refractivity contribution in [2.75, 3.05) is 5.75 Å². The molecule has 1 aromatic carbocycles. The maximum Gasteiger partial charge on any atom is 0.244 e. The van der Waals surface area contributed by atoms with E-state index in [2.05, 4.69) is 10.3 Å². The molecule has 1 heterocycles. The molecule has 0 aliphatic heterocycles. The van der Waals surface area contributed by atoms with Gasteiger partial charge in [-0.25, -0.2) is 0 Å². The normalized spacial score (nSPS) is 11.6. The highest BCUT2D eigenvalue weighted by atomic mass is 32.2. The van der Waals surface area contributed by atoms with Gasteiger partial charge in [0.15, 0.2) is 0 Å². The topological polar surface area (TPSA) is 85.1 Å². The molecule has 0 unspecified atom stereocenters. The highest BCUT2D eigenvalue weighted by Gasteiger charge is 2.19. The second-order valence-electron chi connectivity index (χ2n) is 4.29. The molecule has 6 heteroatoms. The van der Waals surface area contributed by atoms with Gasteiger partial charge in [0, 0.05) is 17.3 Å². The van der Waals surface area contributed by atoms with Crippen molar-refractivity contribution in [2.45, 2.75) is 10.9 Å². The number of aromatic nitrogens is 1. The molecule has 3 N–H and O–H groups in total. The summed E-state index contributed by atoms with van der Waals surface area (Å²) in [5.41, 5.74) is 6.03. The number of nitrogens with zero attached hydrogens (tertiary/aromatic N) is 1. The summed E-state index contributed by atoms with van der Waals surface area (Å²) in [7, 11) is 0. The molecule has 0 saturated carbocycles. The lowest BCUT2D eigenvalue weighted by atomic mass is 10.1. The number of nitrogens with two attached hydrogens (primary N) is 1. The highest BCUT2D eigenvalue weighted by molar-refractivity contribution is 8.00. The third-order valence-corrected chi connectivity index (χ3v) is 3.75. The van der Waals surface area contributed by atoms with Crippen LogP contribution in [0.4, 0.5) is 0 Å². The molecular weight excluding hydrogens is 286 g/mol. The van der Waals surface area contributed by atoms with Gasteiger partial charge in [-0.3, -0.25) is 14.6 Å². The van der Waals surface area contributed by atoms with Crippen LogP contribution < -0.4 is 11.1 Å². The van der Waals surface area contributed by atoms with Crippen molar-refractivity contribution in [3.05, 3.63) is 60.4 Å². The van der Waals surface area contributed by atoms with Gasteiger partial charge < -0.3 is 11.1 Å². The molecule has 2 rings (SSSR count). The Morgan fingerprint density at radius 1 is 1.14 bits per heavy atom. The average molecular weight is 301 g/mol. The van der Waals surface area contributed by atoms with Gasteiger partial charge in [0.2, 0.25) is 11.8 Å². The Balaban J connectivity index is 1.95. The van der Waals surface area contributed by atoms with E-state index in [1.807, 2.05) is 18.2 Å². The Labute approximate surface area is 127 Å². The fourth-order valence-corrected chi connectivity index (χ4v) is 2.45. The molecule has 108 valence electrons. The first-order valence-corrected chi connectivity index (χ1v) is 7.32. The van der Waals surface area contributed by atoms with Gasteiger partial charge in [-0.2, -0.15) is 0 Å². The molecule has 0 radical (unpaired) electrons. The number of amides is 2. The van der Waals surface area contributed by atoms with Crippen LogP contribution in [0.1, 0.15) is 11.6 Å². The van der Waals surface area contributed by atoms with E-state index in [0.29, 0.717) is 5.56 Å². The highest BCUT2D eigenvalue weighted by Crippen LogP contribution is 2.17. The number of benzene rings is 1. The molecule has 0 fully saturated rings. The van der Waals surface area contributed by atoms with Crippen molar-refractivity contribution < 1.29 is 9.59 Å². The lowest BCUT2D eigenvalue weighted by molar-refractivity contribution is -0.126. The van der Waals surface area contributed by atoms with Crippen molar-refractivity contribution in [3.63, 3.8) is 0 Å². The predicted octanol–water partition coefficient (Wildman–Crippen LogP) is 1.52. The number of carbonyl (C=O) groups is 2. The Morgan fingerprint density at radius 3 is 2.43 bits per heavy atom. The van der Waals surface area contributed by atoms with Crippen LogP contribution in [0.3, 0.4) is 0 Å². The minimum absolute atomic E-state index is 0.209. The summed E-state index contributed by atoms with van der Waals surface area (Å²) in [4.78, 5) is 28.3. The molecule has 0 aliphatic rings. The summed E-state index contributed by atoms with van der Waals surface area (Å²) in [6.45, 7) is 0. The lowest BCUT2D eigenvalue weighted by Crippen LogP contribution is -2.38.